The van der Waals surface area contributed by atoms with Gasteiger partial charge < -0.3 is 10.1 Å². The Labute approximate surface area is 224 Å². The zero-order valence-electron chi connectivity index (χ0n) is 20.8. The molecule has 3 aromatic rings. The lowest BCUT2D eigenvalue weighted by molar-refractivity contribution is -0.274. The van der Waals surface area contributed by atoms with Crippen molar-refractivity contribution in [3.05, 3.63) is 94.0 Å². The number of anilines is 1. The molecule has 5 rings (SSSR count). The molecule has 1 aliphatic heterocycles. The van der Waals surface area contributed by atoms with Crippen LogP contribution in [0, 0.1) is 19.8 Å². The van der Waals surface area contributed by atoms with E-state index in [1.807, 2.05) is 38.1 Å². The number of fused-ring (bicyclic) bond motifs is 3. The highest BCUT2D eigenvalue weighted by Crippen LogP contribution is 2.50. The summed E-state index contributed by atoms with van der Waals surface area (Å²) >= 11 is 5.38. The van der Waals surface area contributed by atoms with Gasteiger partial charge in [0, 0.05) is 11.6 Å². The molecule has 38 heavy (non-hydrogen) atoms. The zero-order valence-corrected chi connectivity index (χ0v) is 21.6. The predicted molar refractivity (Wildman–Crippen MR) is 145 cm³/mol. The molecule has 1 heterocycles. The number of ether oxygens (including phenoxy) is 1. The van der Waals surface area contributed by atoms with Gasteiger partial charge in [0.1, 0.15) is 17.8 Å². The molecule has 0 aromatic heterocycles. The van der Waals surface area contributed by atoms with Gasteiger partial charge in [-0.25, -0.2) is 0 Å². The van der Waals surface area contributed by atoms with Gasteiger partial charge in [-0.1, -0.05) is 42.5 Å². The monoisotopic (exact) mass is 537 g/mol. The van der Waals surface area contributed by atoms with E-state index >= 15 is 0 Å². The summed E-state index contributed by atoms with van der Waals surface area (Å²) < 4.78 is 41.4. The number of thiocarbonyl (C=S) groups is 1. The minimum Gasteiger partial charge on any atom is -0.406 e. The molecule has 2 aliphatic rings. The van der Waals surface area contributed by atoms with Crippen molar-refractivity contribution in [2.24, 2.45) is 21.2 Å². The van der Waals surface area contributed by atoms with Gasteiger partial charge >= 0.3 is 6.36 Å². The van der Waals surface area contributed by atoms with Crippen molar-refractivity contribution >= 4 is 29.2 Å². The summed E-state index contributed by atoms with van der Waals surface area (Å²) in [5.74, 6) is -0.0846. The van der Waals surface area contributed by atoms with Crippen LogP contribution in [0.5, 0.6) is 5.75 Å². The molecular formula is C28H26F3N5OS. The average Bonchev–Trinajstić information content (AvgIpc) is 3.30. The van der Waals surface area contributed by atoms with Gasteiger partial charge in [0.15, 0.2) is 5.11 Å². The lowest BCUT2D eigenvalue weighted by Crippen LogP contribution is -2.24. The number of para-hydroxylation sites is 1. The minimum atomic E-state index is -4.71. The number of nitrogens with zero attached hydrogens (tertiary/aromatic N) is 3. The number of hydrogen-bond acceptors (Lipinski definition) is 5. The minimum absolute atomic E-state index is 0.0758. The van der Waals surface area contributed by atoms with Gasteiger partial charge in [-0.3, -0.25) is 5.43 Å². The van der Waals surface area contributed by atoms with Gasteiger partial charge in [0.2, 0.25) is 0 Å². The van der Waals surface area contributed by atoms with Crippen molar-refractivity contribution in [1.29, 1.82) is 0 Å². The molecule has 6 nitrogen and oxygen atoms in total. The number of hydrogen-bond donors (Lipinski definition) is 2. The number of halogens is 3. The number of hydrazone groups is 1. The number of azo groups is 1. The van der Waals surface area contributed by atoms with Crippen molar-refractivity contribution in [3.8, 4) is 5.75 Å². The van der Waals surface area contributed by atoms with Crippen LogP contribution in [0.3, 0.4) is 0 Å². The summed E-state index contributed by atoms with van der Waals surface area (Å²) in [4.78, 5) is 0. The molecule has 0 radical (unpaired) electrons. The average molecular weight is 538 g/mol. The number of alkyl halides is 3. The van der Waals surface area contributed by atoms with E-state index in [1.54, 1.807) is 18.3 Å². The quantitative estimate of drug-likeness (QED) is 0.203. The second-order valence-corrected chi connectivity index (χ2v) is 9.90. The molecule has 0 saturated heterocycles. The second kappa shape index (κ2) is 10.5. The van der Waals surface area contributed by atoms with Crippen LogP contribution in [0.25, 0.3) is 0 Å². The number of benzene rings is 3. The highest BCUT2D eigenvalue weighted by Gasteiger charge is 2.40. The lowest BCUT2D eigenvalue weighted by atomic mass is 9.75. The highest BCUT2D eigenvalue weighted by molar-refractivity contribution is 7.80. The number of rotatable bonds is 5. The maximum Gasteiger partial charge on any atom is 0.573 e. The first-order valence-corrected chi connectivity index (χ1v) is 12.6. The third-order valence-corrected chi connectivity index (χ3v) is 7.11. The molecule has 0 saturated carbocycles. The maximum absolute atomic E-state index is 12.5. The van der Waals surface area contributed by atoms with Gasteiger partial charge in [-0.15, -0.1) is 13.2 Å². The van der Waals surface area contributed by atoms with Crippen LogP contribution < -0.4 is 15.5 Å². The third kappa shape index (κ3) is 5.70. The molecule has 196 valence electrons. The summed E-state index contributed by atoms with van der Waals surface area (Å²) in [5, 5.41) is 16.9. The standard InChI is InChI=1S/C28H26F3N5OS/c1-16-4-3-5-17(2)24(16)33-27(38)36-32-15-18-6-12-22-20(14-18)9-13-23-25(34-35-26(22)23)19-7-10-21(11-8-19)37-28(29,30)31/h3-8,10-12,14-15,23,25-26H,9,13H2,1-2H3,(H2,33,36,38)/b32-15-. The SMILES string of the molecule is Cc1cccc(C)c1NC(=S)N/N=C\c1ccc2c(c1)CCC1C(c3ccc(OC(F)(F)F)cc3)N=NC21. The van der Waals surface area contributed by atoms with E-state index in [0.717, 1.165) is 46.3 Å². The molecule has 3 unspecified atom stereocenters. The van der Waals surface area contributed by atoms with Gasteiger partial charge in [-0.2, -0.15) is 15.3 Å². The van der Waals surface area contributed by atoms with E-state index in [0.29, 0.717) is 5.11 Å². The van der Waals surface area contributed by atoms with Gasteiger partial charge in [0.05, 0.1) is 6.21 Å². The Morgan fingerprint density at radius 1 is 1.03 bits per heavy atom. The van der Waals surface area contributed by atoms with Crippen molar-refractivity contribution < 1.29 is 17.9 Å². The van der Waals surface area contributed by atoms with Crippen LogP contribution in [-0.4, -0.2) is 17.7 Å². The lowest BCUT2D eigenvalue weighted by Gasteiger charge is -2.29. The van der Waals surface area contributed by atoms with Crippen LogP contribution >= 0.6 is 12.2 Å². The smallest absolute Gasteiger partial charge is 0.406 e. The van der Waals surface area contributed by atoms with E-state index in [9.17, 15) is 13.2 Å². The van der Waals surface area contributed by atoms with Gasteiger partial charge in [-0.05, 0) is 90.5 Å². The van der Waals surface area contributed by atoms with Crippen molar-refractivity contribution in [2.45, 2.75) is 45.1 Å². The van der Waals surface area contributed by atoms with Crippen LogP contribution in [0.4, 0.5) is 18.9 Å². The zero-order chi connectivity index (χ0) is 26.9. The maximum atomic E-state index is 12.5. The Morgan fingerprint density at radius 3 is 2.45 bits per heavy atom. The van der Waals surface area contributed by atoms with E-state index in [2.05, 4.69) is 42.9 Å². The van der Waals surface area contributed by atoms with Crippen LogP contribution in [0.15, 0.2) is 76.0 Å². The fourth-order valence-corrected chi connectivity index (χ4v) is 5.28. The molecule has 3 aromatic carbocycles. The Bertz CT molecular complexity index is 1380. The van der Waals surface area contributed by atoms with Crippen molar-refractivity contribution in [2.75, 3.05) is 5.32 Å². The van der Waals surface area contributed by atoms with Crippen LogP contribution in [0.2, 0.25) is 0 Å². The van der Waals surface area contributed by atoms with Crippen LogP contribution in [0.1, 0.15) is 51.9 Å². The molecule has 0 bridgehead atoms. The summed E-state index contributed by atoms with van der Waals surface area (Å²) in [7, 11) is 0. The highest BCUT2D eigenvalue weighted by atomic mass is 32.1. The van der Waals surface area contributed by atoms with E-state index in [-0.39, 0.29) is 23.8 Å². The third-order valence-electron chi connectivity index (χ3n) is 6.91. The molecule has 0 spiro atoms. The Morgan fingerprint density at radius 2 is 1.74 bits per heavy atom. The summed E-state index contributed by atoms with van der Waals surface area (Å²) in [6, 6.07) is 17.8. The summed E-state index contributed by atoms with van der Waals surface area (Å²) in [6.07, 6.45) is -1.25. The Hall–Kier alpha value is -3.79. The molecule has 3 atom stereocenters. The molecule has 0 fully saturated rings. The molecule has 10 heteroatoms. The van der Waals surface area contributed by atoms with Gasteiger partial charge in [0.25, 0.3) is 0 Å². The van der Waals surface area contributed by atoms with E-state index < -0.39 is 6.36 Å². The molecular weight excluding hydrogens is 511 g/mol. The second-order valence-electron chi connectivity index (χ2n) is 9.49. The normalized spacial score (nSPS) is 20.2. The first-order chi connectivity index (χ1) is 18.2. The fraction of sp³-hybridized carbons (Fsp3) is 0.286. The Kier molecular flexibility index (Phi) is 7.16. The molecule has 0 amide bonds. The number of nitrogens with one attached hydrogen (secondary N) is 2. The Balaban J connectivity index is 1.22. The molecule has 2 N–H and O–H groups in total. The topological polar surface area (TPSA) is 70.4 Å². The van der Waals surface area contributed by atoms with Crippen molar-refractivity contribution in [1.82, 2.24) is 5.43 Å². The van der Waals surface area contributed by atoms with Crippen molar-refractivity contribution in [3.63, 3.8) is 0 Å². The van der Waals surface area contributed by atoms with Crippen LogP contribution in [-0.2, 0) is 6.42 Å². The first-order valence-electron chi connectivity index (χ1n) is 12.2. The van der Waals surface area contributed by atoms with E-state index in [1.165, 1.54) is 17.7 Å². The fourth-order valence-electron chi connectivity index (χ4n) is 5.13. The summed E-state index contributed by atoms with van der Waals surface area (Å²) in [6.45, 7) is 4.04. The number of aryl methyl sites for hydroxylation is 3. The predicted octanol–water partition coefficient (Wildman–Crippen LogP) is 7.33. The molecule has 1 aliphatic carbocycles. The largest absolute Gasteiger partial charge is 0.573 e. The first kappa shape index (κ1) is 25.8. The summed E-state index contributed by atoms with van der Waals surface area (Å²) in [5.41, 5.74) is 10.1. The van der Waals surface area contributed by atoms with E-state index in [4.69, 9.17) is 12.2 Å².